The molecule has 1 aromatic carbocycles. The lowest BCUT2D eigenvalue weighted by Gasteiger charge is -2.44. The number of rotatable bonds is 6. The number of carbonyl (C=O) groups is 1. The molecule has 0 saturated carbocycles. The molecule has 1 aromatic heterocycles. The van der Waals surface area contributed by atoms with Gasteiger partial charge in [0.25, 0.3) is 0 Å². The molecule has 0 spiro atoms. The molecule has 1 aliphatic rings. The molecule has 0 unspecified atom stereocenters. The molecule has 7 nitrogen and oxygen atoms in total. The summed E-state index contributed by atoms with van der Waals surface area (Å²) in [5.41, 5.74) is 0.372. The quantitative estimate of drug-likeness (QED) is 0.787. The number of hydrogen-bond acceptors (Lipinski definition) is 6. The minimum absolute atomic E-state index is 0.00815. The molecule has 27 heavy (non-hydrogen) atoms. The number of aliphatic hydroxyl groups excluding tert-OH is 1. The molecule has 1 saturated heterocycles. The van der Waals surface area contributed by atoms with E-state index >= 15 is 0 Å². The fourth-order valence-electron chi connectivity index (χ4n) is 3.30. The van der Waals surface area contributed by atoms with Crippen LogP contribution in [0.2, 0.25) is 0 Å². The maximum atomic E-state index is 13.3. The van der Waals surface area contributed by atoms with Crippen LogP contribution in [0.1, 0.15) is 29.8 Å². The van der Waals surface area contributed by atoms with Crippen LogP contribution in [0.5, 0.6) is 0 Å². The lowest BCUT2D eigenvalue weighted by atomic mass is 9.85. The third kappa shape index (κ3) is 4.79. The van der Waals surface area contributed by atoms with Crippen molar-refractivity contribution >= 4 is 22.5 Å². The Morgan fingerprint density at radius 1 is 1.41 bits per heavy atom. The molecule has 0 atom stereocenters. The van der Waals surface area contributed by atoms with Crippen LogP contribution in [-0.4, -0.2) is 58.6 Å². The van der Waals surface area contributed by atoms with Crippen molar-refractivity contribution in [2.45, 2.75) is 31.2 Å². The van der Waals surface area contributed by atoms with Crippen LogP contribution in [0.15, 0.2) is 24.3 Å². The van der Waals surface area contributed by atoms with Crippen molar-refractivity contribution < 1.29 is 19.0 Å². The number of aliphatic hydroxyl groups is 1. The highest BCUT2D eigenvalue weighted by Gasteiger charge is 2.38. The Labute approximate surface area is 161 Å². The van der Waals surface area contributed by atoms with Crippen molar-refractivity contribution in [2.24, 2.45) is 0 Å². The summed E-state index contributed by atoms with van der Waals surface area (Å²) in [6, 6.07) is 6.03. The van der Waals surface area contributed by atoms with E-state index in [4.69, 9.17) is 4.74 Å². The zero-order valence-electron chi connectivity index (χ0n) is 15.2. The fourth-order valence-corrected chi connectivity index (χ4v) is 4.06. The molecule has 1 fully saturated rings. The van der Waals surface area contributed by atoms with Crippen LogP contribution in [0.4, 0.5) is 14.3 Å². The third-order valence-electron chi connectivity index (χ3n) is 4.94. The molecule has 2 heterocycles. The number of anilines is 1. The molecule has 3 rings (SSSR count). The van der Waals surface area contributed by atoms with Gasteiger partial charge in [-0.1, -0.05) is 23.5 Å². The summed E-state index contributed by atoms with van der Waals surface area (Å²) in [7, 11) is 1.73. The number of urea groups is 1. The van der Waals surface area contributed by atoms with Crippen molar-refractivity contribution in [3.8, 4) is 0 Å². The van der Waals surface area contributed by atoms with Gasteiger partial charge >= 0.3 is 6.03 Å². The van der Waals surface area contributed by atoms with Gasteiger partial charge in [-0.2, -0.15) is 0 Å². The highest BCUT2D eigenvalue weighted by atomic mass is 32.1. The zero-order chi connectivity index (χ0) is 19.3. The monoisotopic (exact) mass is 394 g/mol. The average Bonchev–Trinajstić information content (AvgIpc) is 3.09. The smallest absolute Gasteiger partial charge is 0.323 e. The Hall–Kier alpha value is -2.10. The van der Waals surface area contributed by atoms with E-state index in [1.54, 1.807) is 18.0 Å². The summed E-state index contributed by atoms with van der Waals surface area (Å²) in [5, 5.41) is 21.4. The second-order valence-electron chi connectivity index (χ2n) is 6.61. The number of nitrogens with one attached hydrogen (secondary N) is 1. The van der Waals surface area contributed by atoms with Gasteiger partial charge in [0.05, 0.1) is 5.54 Å². The molecular weight excluding hydrogens is 371 g/mol. The highest BCUT2D eigenvalue weighted by molar-refractivity contribution is 7.15. The number of carbonyl (C=O) groups excluding carboxylic acids is 1. The second kappa shape index (κ2) is 8.73. The van der Waals surface area contributed by atoms with E-state index in [0.717, 1.165) is 5.56 Å². The SMILES string of the molecule is CN(C(=O)Nc1nnc(Cc2cccc(F)c2)s1)C1(CCO)CCOCC1. The molecule has 0 bridgehead atoms. The van der Waals surface area contributed by atoms with Gasteiger partial charge in [-0.25, -0.2) is 9.18 Å². The molecular formula is C18H23FN4O3S. The molecule has 2 aromatic rings. The first-order valence-corrected chi connectivity index (χ1v) is 9.64. The van der Waals surface area contributed by atoms with Crippen LogP contribution >= 0.6 is 11.3 Å². The maximum Gasteiger partial charge on any atom is 0.323 e. The van der Waals surface area contributed by atoms with E-state index in [0.29, 0.717) is 49.0 Å². The number of aromatic nitrogens is 2. The van der Waals surface area contributed by atoms with E-state index in [-0.39, 0.29) is 18.5 Å². The summed E-state index contributed by atoms with van der Waals surface area (Å²) in [6.45, 7) is 1.14. The zero-order valence-corrected chi connectivity index (χ0v) is 16.0. The highest BCUT2D eigenvalue weighted by Crippen LogP contribution is 2.31. The Morgan fingerprint density at radius 2 is 2.19 bits per heavy atom. The largest absolute Gasteiger partial charge is 0.396 e. The predicted molar refractivity (Wildman–Crippen MR) is 100 cm³/mol. The van der Waals surface area contributed by atoms with Crippen LogP contribution in [0, 0.1) is 5.82 Å². The Morgan fingerprint density at radius 3 is 2.89 bits per heavy atom. The van der Waals surface area contributed by atoms with Crippen molar-refractivity contribution in [2.75, 3.05) is 32.2 Å². The minimum atomic E-state index is -0.424. The molecule has 9 heteroatoms. The number of amides is 2. The van der Waals surface area contributed by atoms with E-state index < -0.39 is 5.54 Å². The number of hydrogen-bond donors (Lipinski definition) is 2. The van der Waals surface area contributed by atoms with E-state index in [9.17, 15) is 14.3 Å². The Bertz CT molecular complexity index is 774. The van der Waals surface area contributed by atoms with Crippen LogP contribution in [0.3, 0.4) is 0 Å². The van der Waals surface area contributed by atoms with Gasteiger partial charge in [0, 0.05) is 33.3 Å². The first-order valence-electron chi connectivity index (χ1n) is 8.83. The van der Waals surface area contributed by atoms with E-state index in [1.165, 1.54) is 23.5 Å². The van der Waals surface area contributed by atoms with Crippen LogP contribution < -0.4 is 5.32 Å². The van der Waals surface area contributed by atoms with Gasteiger partial charge < -0.3 is 14.7 Å². The third-order valence-corrected chi connectivity index (χ3v) is 5.78. The summed E-state index contributed by atoms with van der Waals surface area (Å²) < 4.78 is 18.7. The standard InChI is InChI=1S/C18H23FN4O3S/c1-23(18(5-8-24)6-9-26-10-7-18)17(25)20-16-22-21-15(27-16)12-13-3-2-4-14(19)11-13/h2-4,11,24H,5-10,12H2,1H3,(H,20,22,25). The molecule has 0 aliphatic carbocycles. The second-order valence-corrected chi connectivity index (χ2v) is 7.67. The number of halogens is 1. The lowest BCUT2D eigenvalue weighted by molar-refractivity contribution is -0.0108. The molecule has 146 valence electrons. The summed E-state index contributed by atoms with van der Waals surface area (Å²) in [4.78, 5) is 14.3. The first-order chi connectivity index (χ1) is 13.0. The van der Waals surface area contributed by atoms with Crippen LogP contribution in [0.25, 0.3) is 0 Å². The predicted octanol–water partition coefficient (Wildman–Crippen LogP) is 2.66. The summed E-state index contributed by atoms with van der Waals surface area (Å²) >= 11 is 1.26. The topological polar surface area (TPSA) is 87.6 Å². The van der Waals surface area contributed by atoms with Crippen molar-refractivity contribution in [1.82, 2.24) is 15.1 Å². The normalized spacial score (nSPS) is 16.1. The van der Waals surface area contributed by atoms with Gasteiger partial charge in [0.15, 0.2) is 0 Å². The summed E-state index contributed by atoms with van der Waals surface area (Å²) in [6.07, 6.45) is 2.31. The molecule has 0 radical (unpaired) electrons. The number of benzene rings is 1. The maximum absolute atomic E-state index is 13.3. The average molecular weight is 394 g/mol. The fraction of sp³-hybridized carbons (Fsp3) is 0.500. The van der Waals surface area contributed by atoms with Crippen molar-refractivity contribution in [3.05, 3.63) is 40.7 Å². The van der Waals surface area contributed by atoms with E-state index in [1.807, 2.05) is 6.07 Å². The molecule has 2 amide bonds. The lowest BCUT2D eigenvalue weighted by Crippen LogP contribution is -2.54. The molecule has 2 N–H and O–H groups in total. The van der Waals surface area contributed by atoms with Gasteiger partial charge in [-0.05, 0) is 37.0 Å². The Kier molecular flexibility index (Phi) is 6.35. The van der Waals surface area contributed by atoms with Gasteiger partial charge in [-0.3, -0.25) is 5.32 Å². The Balaban J connectivity index is 1.64. The van der Waals surface area contributed by atoms with Crippen LogP contribution in [-0.2, 0) is 11.2 Å². The van der Waals surface area contributed by atoms with Gasteiger partial charge in [0.1, 0.15) is 10.8 Å². The minimum Gasteiger partial charge on any atom is -0.396 e. The molecule has 1 aliphatic heterocycles. The number of ether oxygens (including phenoxy) is 1. The van der Waals surface area contributed by atoms with Gasteiger partial charge in [0.2, 0.25) is 5.13 Å². The van der Waals surface area contributed by atoms with Crippen molar-refractivity contribution in [3.63, 3.8) is 0 Å². The van der Waals surface area contributed by atoms with Gasteiger partial charge in [-0.15, -0.1) is 10.2 Å². The summed E-state index contributed by atoms with van der Waals surface area (Å²) in [5.74, 6) is -0.294. The number of nitrogens with zero attached hydrogens (tertiary/aromatic N) is 3. The van der Waals surface area contributed by atoms with E-state index in [2.05, 4.69) is 15.5 Å². The van der Waals surface area contributed by atoms with Crippen molar-refractivity contribution in [1.29, 1.82) is 0 Å². The first kappa shape index (κ1) is 19.7.